The average Bonchev–Trinajstić information content (AvgIpc) is 2.46. The van der Waals surface area contributed by atoms with Crippen molar-refractivity contribution in [1.29, 1.82) is 0 Å². The number of nitrogens with zero attached hydrogens (tertiary/aromatic N) is 2. The van der Waals surface area contributed by atoms with Gasteiger partial charge in [0.05, 0.1) is 0 Å². The third-order valence-corrected chi connectivity index (χ3v) is 4.26. The van der Waals surface area contributed by atoms with Gasteiger partial charge in [0.1, 0.15) is 0 Å². The number of hydrogen-bond donors (Lipinski definition) is 2. The Kier molecular flexibility index (Phi) is 5.17. The summed E-state index contributed by atoms with van der Waals surface area (Å²) in [5.41, 5.74) is -0.0705. The first-order valence-electron chi connectivity index (χ1n) is 7.55. The molecular formula is C15H25N3O2. The van der Waals surface area contributed by atoms with Gasteiger partial charge in [0.15, 0.2) is 5.82 Å². The smallest absolute Gasteiger partial charge is 0.293 e. The summed E-state index contributed by atoms with van der Waals surface area (Å²) >= 11 is 0. The van der Waals surface area contributed by atoms with Crippen LogP contribution in [0, 0.1) is 11.8 Å². The van der Waals surface area contributed by atoms with Crippen LogP contribution in [0.3, 0.4) is 0 Å². The summed E-state index contributed by atoms with van der Waals surface area (Å²) < 4.78 is 1.68. The van der Waals surface area contributed by atoms with Crippen LogP contribution in [0.15, 0.2) is 17.2 Å². The molecule has 0 amide bonds. The van der Waals surface area contributed by atoms with Gasteiger partial charge in [0.25, 0.3) is 5.56 Å². The van der Waals surface area contributed by atoms with Crippen molar-refractivity contribution in [3.05, 3.63) is 22.7 Å². The van der Waals surface area contributed by atoms with E-state index in [0.29, 0.717) is 17.7 Å². The second-order valence-corrected chi connectivity index (χ2v) is 5.95. The van der Waals surface area contributed by atoms with E-state index >= 15 is 0 Å². The molecule has 1 aliphatic rings. The minimum Gasteiger partial charge on any atom is -0.396 e. The van der Waals surface area contributed by atoms with Gasteiger partial charge in [-0.1, -0.05) is 12.8 Å². The fourth-order valence-electron chi connectivity index (χ4n) is 2.97. The Morgan fingerprint density at radius 3 is 2.75 bits per heavy atom. The number of nitrogens with one attached hydrogen (secondary N) is 1. The van der Waals surface area contributed by atoms with E-state index < -0.39 is 0 Å². The largest absolute Gasteiger partial charge is 0.396 e. The molecule has 0 aromatic carbocycles. The maximum Gasteiger partial charge on any atom is 0.293 e. The molecule has 20 heavy (non-hydrogen) atoms. The van der Waals surface area contributed by atoms with E-state index in [2.05, 4.69) is 10.3 Å². The van der Waals surface area contributed by atoms with Crippen LogP contribution in [-0.4, -0.2) is 27.8 Å². The van der Waals surface area contributed by atoms with Crippen molar-refractivity contribution in [2.75, 3.05) is 18.5 Å². The van der Waals surface area contributed by atoms with Gasteiger partial charge in [-0.15, -0.1) is 0 Å². The summed E-state index contributed by atoms with van der Waals surface area (Å²) in [5, 5.41) is 12.6. The Morgan fingerprint density at radius 2 is 2.10 bits per heavy atom. The zero-order chi connectivity index (χ0) is 14.5. The molecule has 5 nitrogen and oxygen atoms in total. The highest BCUT2D eigenvalue weighted by Gasteiger charge is 2.24. The third kappa shape index (κ3) is 3.39. The lowest BCUT2D eigenvalue weighted by Crippen LogP contribution is -2.32. The maximum absolute atomic E-state index is 12.2. The molecule has 1 aliphatic carbocycles. The summed E-state index contributed by atoms with van der Waals surface area (Å²) in [7, 11) is 0. The quantitative estimate of drug-likeness (QED) is 0.865. The zero-order valence-electron chi connectivity index (χ0n) is 12.4. The second kappa shape index (κ2) is 6.88. The lowest BCUT2D eigenvalue weighted by atomic mass is 9.79. The number of rotatable bonds is 5. The number of hydrogen-bond acceptors (Lipinski definition) is 4. The highest BCUT2D eigenvalue weighted by atomic mass is 16.3. The zero-order valence-corrected chi connectivity index (χ0v) is 12.4. The van der Waals surface area contributed by atoms with Crippen LogP contribution in [0.2, 0.25) is 0 Å². The summed E-state index contributed by atoms with van der Waals surface area (Å²) in [6.45, 7) is 4.92. The molecule has 2 N–H and O–H groups in total. The Labute approximate surface area is 120 Å². The Bertz CT molecular complexity index is 484. The fourth-order valence-corrected chi connectivity index (χ4v) is 2.97. The standard InChI is InChI=1S/C15H25N3O2/c1-11(2)18-8-7-16-14(15(18)20)17-9-12-5-3-4-6-13(12)10-19/h7-8,11-13,19H,3-6,9-10H2,1-2H3,(H,16,17). The van der Waals surface area contributed by atoms with Crippen molar-refractivity contribution >= 4 is 5.82 Å². The number of anilines is 1. The van der Waals surface area contributed by atoms with Crippen LogP contribution >= 0.6 is 0 Å². The molecule has 0 radical (unpaired) electrons. The van der Waals surface area contributed by atoms with E-state index in [1.54, 1.807) is 17.0 Å². The number of aliphatic hydroxyl groups is 1. The van der Waals surface area contributed by atoms with Crippen molar-refractivity contribution in [2.45, 2.75) is 45.6 Å². The van der Waals surface area contributed by atoms with Crippen LogP contribution < -0.4 is 10.9 Å². The molecule has 0 saturated heterocycles. The second-order valence-electron chi connectivity index (χ2n) is 5.95. The van der Waals surface area contributed by atoms with Gasteiger partial charge in [-0.3, -0.25) is 4.79 Å². The lowest BCUT2D eigenvalue weighted by molar-refractivity contribution is 0.141. The third-order valence-electron chi connectivity index (χ3n) is 4.26. The first-order valence-corrected chi connectivity index (χ1v) is 7.55. The summed E-state index contributed by atoms with van der Waals surface area (Å²) in [4.78, 5) is 16.4. The van der Waals surface area contributed by atoms with E-state index in [9.17, 15) is 9.90 Å². The Morgan fingerprint density at radius 1 is 1.40 bits per heavy atom. The van der Waals surface area contributed by atoms with Crippen LogP contribution in [0.25, 0.3) is 0 Å². The number of aliphatic hydroxyl groups excluding tert-OH is 1. The van der Waals surface area contributed by atoms with Gasteiger partial charge in [0.2, 0.25) is 0 Å². The molecule has 2 unspecified atom stereocenters. The fraction of sp³-hybridized carbons (Fsp3) is 0.733. The number of aromatic nitrogens is 2. The Hall–Kier alpha value is -1.36. The average molecular weight is 279 g/mol. The minimum absolute atomic E-state index is 0.0705. The van der Waals surface area contributed by atoms with Crippen molar-refractivity contribution in [2.24, 2.45) is 11.8 Å². The van der Waals surface area contributed by atoms with E-state index in [1.165, 1.54) is 12.8 Å². The summed E-state index contributed by atoms with van der Waals surface area (Å²) in [5.74, 6) is 1.21. The van der Waals surface area contributed by atoms with E-state index in [1.807, 2.05) is 13.8 Å². The molecule has 0 spiro atoms. The summed E-state index contributed by atoms with van der Waals surface area (Å²) in [6, 6.07) is 0.130. The van der Waals surface area contributed by atoms with Crippen LogP contribution in [-0.2, 0) is 0 Å². The van der Waals surface area contributed by atoms with Gasteiger partial charge in [-0.05, 0) is 38.5 Å². The van der Waals surface area contributed by atoms with Crippen molar-refractivity contribution in [1.82, 2.24) is 9.55 Å². The predicted molar refractivity (Wildman–Crippen MR) is 79.9 cm³/mol. The van der Waals surface area contributed by atoms with Gasteiger partial charge >= 0.3 is 0 Å². The van der Waals surface area contributed by atoms with Gasteiger partial charge in [-0.2, -0.15) is 0 Å². The molecule has 112 valence electrons. The molecular weight excluding hydrogens is 254 g/mol. The van der Waals surface area contributed by atoms with E-state index in [4.69, 9.17) is 0 Å². The molecule has 1 aromatic heterocycles. The van der Waals surface area contributed by atoms with Crippen LogP contribution in [0.4, 0.5) is 5.82 Å². The molecule has 2 atom stereocenters. The van der Waals surface area contributed by atoms with Crippen molar-refractivity contribution < 1.29 is 5.11 Å². The molecule has 0 bridgehead atoms. The highest BCUT2D eigenvalue weighted by molar-refractivity contribution is 5.31. The SMILES string of the molecule is CC(C)n1ccnc(NCC2CCCCC2CO)c1=O. The molecule has 1 saturated carbocycles. The van der Waals surface area contributed by atoms with Crippen LogP contribution in [0.5, 0.6) is 0 Å². The van der Waals surface area contributed by atoms with E-state index in [-0.39, 0.29) is 18.2 Å². The molecule has 5 heteroatoms. The van der Waals surface area contributed by atoms with Gasteiger partial charge < -0.3 is 15.0 Å². The molecule has 1 fully saturated rings. The molecule has 1 aromatic rings. The van der Waals surface area contributed by atoms with Gasteiger partial charge in [-0.25, -0.2) is 4.98 Å². The Balaban J connectivity index is 2.03. The van der Waals surface area contributed by atoms with Crippen LogP contribution in [0.1, 0.15) is 45.6 Å². The van der Waals surface area contributed by atoms with Crippen molar-refractivity contribution in [3.63, 3.8) is 0 Å². The molecule has 0 aliphatic heterocycles. The highest BCUT2D eigenvalue weighted by Crippen LogP contribution is 2.29. The van der Waals surface area contributed by atoms with E-state index in [0.717, 1.165) is 19.4 Å². The predicted octanol–water partition coefficient (Wildman–Crippen LogP) is 2.03. The first-order chi connectivity index (χ1) is 9.63. The molecule has 1 heterocycles. The lowest BCUT2D eigenvalue weighted by Gasteiger charge is -2.30. The molecule has 2 rings (SSSR count). The monoisotopic (exact) mass is 279 g/mol. The maximum atomic E-state index is 12.2. The first kappa shape index (κ1) is 15.0. The van der Waals surface area contributed by atoms with Gasteiger partial charge in [0, 0.05) is 31.6 Å². The minimum atomic E-state index is -0.0705. The topological polar surface area (TPSA) is 67.2 Å². The van der Waals surface area contributed by atoms with Crippen molar-refractivity contribution in [3.8, 4) is 0 Å². The normalized spacial score (nSPS) is 23.0. The summed E-state index contributed by atoms with van der Waals surface area (Å²) in [6.07, 6.45) is 7.99.